The Labute approximate surface area is 129 Å². The first-order valence-electron chi connectivity index (χ1n) is 7.10. The smallest absolute Gasteiger partial charge is 0.325 e. The Bertz CT molecular complexity index is 521. The van der Waals surface area contributed by atoms with Gasteiger partial charge in [0.05, 0.1) is 18.2 Å². The monoisotopic (exact) mass is 313 g/mol. The number of ether oxygens (including phenoxy) is 2. The lowest BCUT2D eigenvalue weighted by atomic mass is 10.0. The summed E-state index contributed by atoms with van der Waals surface area (Å²) >= 11 is 6.21. The molecule has 6 heteroatoms. The zero-order chi connectivity index (χ0) is 15.4. The number of hydrogen-bond acceptors (Lipinski definition) is 4. The largest absolute Gasteiger partial charge is 0.489 e. The maximum atomic E-state index is 11.5. The Kier molecular flexibility index (Phi) is 5.31. The number of halogens is 1. The maximum absolute atomic E-state index is 11.5. The first-order chi connectivity index (χ1) is 10.0. The van der Waals surface area contributed by atoms with E-state index < -0.39 is 12.0 Å². The van der Waals surface area contributed by atoms with E-state index in [9.17, 15) is 9.90 Å². The predicted molar refractivity (Wildman–Crippen MR) is 80.3 cm³/mol. The van der Waals surface area contributed by atoms with Gasteiger partial charge in [-0.3, -0.25) is 10.1 Å². The molecule has 0 aliphatic carbocycles. The van der Waals surface area contributed by atoms with Crippen LogP contribution >= 0.6 is 11.6 Å². The second-order valence-corrected chi connectivity index (χ2v) is 5.53. The van der Waals surface area contributed by atoms with Crippen molar-refractivity contribution in [3.63, 3.8) is 0 Å². The van der Waals surface area contributed by atoms with Crippen LogP contribution in [0.25, 0.3) is 0 Å². The summed E-state index contributed by atoms with van der Waals surface area (Å²) in [6, 6.07) is 2.58. The third-order valence-electron chi connectivity index (χ3n) is 3.47. The second kappa shape index (κ2) is 7.00. The highest BCUT2D eigenvalue weighted by atomic mass is 35.5. The van der Waals surface area contributed by atoms with E-state index >= 15 is 0 Å². The van der Waals surface area contributed by atoms with E-state index in [1.807, 2.05) is 13.8 Å². The Balaban J connectivity index is 2.35. The minimum Gasteiger partial charge on any atom is -0.489 e. The van der Waals surface area contributed by atoms with Crippen molar-refractivity contribution in [3.05, 3.63) is 22.7 Å². The van der Waals surface area contributed by atoms with Gasteiger partial charge in [-0.15, -0.1) is 0 Å². The van der Waals surface area contributed by atoms with Crippen LogP contribution in [0.5, 0.6) is 11.5 Å². The van der Waals surface area contributed by atoms with Crippen LogP contribution in [0, 0.1) is 0 Å². The fourth-order valence-electron chi connectivity index (χ4n) is 2.13. The van der Waals surface area contributed by atoms with Crippen LogP contribution in [0.4, 0.5) is 0 Å². The SMILES string of the molecule is CCC(C)NC(C(=O)O)c1cc(Cl)c2c(c1)OCCCO2. The molecule has 1 aromatic rings. The van der Waals surface area contributed by atoms with Crippen molar-refractivity contribution < 1.29 is 19.4 Å². The molecule has 2 rings (SSSR count). The Morgan fingerprint density at radius 3 is 2.81 bits per heavy atom. The van der Waals surface area contributed by atoms with Crippen LogP contribution in [-0.2, 0) is 4.79 Å². The number of carboxylic acids is 1. The molecule has 0 saturated heterocycles. The highest BCUT2D eigenvalue weighted by Crippen LogP contribution is 2.39. The molecule has 0 saturated carbocycles. The number of hydrogen-bond donors (Lipinski definition) is 2. The number of rotatable bonds is 5. The van der Waals surface area contributed by atoms with Crippen molar-refractivity contribution >= 4 is 17.6 Å². The summed E-state index contributed by atoms with van der Waals surface area (Å²) in [7, 11) is 0. The molecule has 116 valence electrons. The van der Waals surface area contributed by atoms with Gasteiger partial charge in [-0.2, -0.15) is 0 Å². The number of carbonyl (C=O) groups is 1. The zero-order valence-corrected chi connectivity index (χ0v) is 12.9. The van der Waals surface area contributed by atoms with Gasteiger partial charge < -0.3 is 14.6 Å². The summed E-state index contributed by atoms with van der Waals surface area (Å²) in [5.74, 6) is 0.0543. The van der Waals surface area contributed by atoms with Gasteiger partial charge in [0, 0.05) is 12.5 Å². The molecule has 2 atom stereocenters. The van der Waals surface area contributed by atoms with Gasteiger partial charge in [-0.1, -0.05) is 18.5 Å². The third kappa shape index (κ3) is 3.80. The molecule has 1 heterocycles. The van der Waals surface area contributed by atoms with Crippen molar-refractivity contribution in [1.82, 2.24) is 5.32 Å². The molecule has 0 amide bonds. The van der Waals surface area contributed by atoms with Crippen molar-refractivity contribution in [2.24, 2.45) is 0 Å². The van der Waals surface area contributed by atoms with E-state index in [2.05, 4.69) is 5.32 Å². The van der Waals surface area contributed by atoms with E-state index in [1.54, 1.807) is 12.1 Å². The molecule has 0 spiro atoms. The minimum atomic E-state index is -0.944. The normalized spacial score (nSPS) is 16.9. The van der Waals surface area contributed by atoms with E-state index in [0.717, 1.165) is 12.8 Å². The molecule has 0 fully saturated rings. The van der Waals surface area contributed by atoms with Gasteiger partial charge in [0.15, 0.2) is 11.5 Å². The molecule has 0 radical (unpaired) electrons. The fraction of sp³-hybridized carbons (Fsp3) is 0.533. The summed E-state index contributed by atoms with van der Waals surface area (Å²) in [6.07, 6.45) is 1.61. The van der Waals surface area contributed by atoms with Gasteiger partial charge in [0.1, 0.15) is 6.04 Å². The van der Waals surface area contributed by atoms with Crippen LogP contribution in [0.3, 0.4) is 0 Å². The minimum absolute atomic E-state index is 0.0841. The number of aliphatic carboxylic acids is 1. The third-order valence-corrected chi connectivity index (χ3v) is 3.75. The average Bonchev–Trinajstić information content (AvgIpc) is 2.69. The van der Waals surface area contributed by atoms with Crippen LogP contribution in [0.2, 0.25) is 5.02 Å². The average molecular weight is 314 g/mol. The number of nitrogens with one attached hydrogen (secondary N) is 1. The quantitative estimate of drug-likeness (QED) is 0.874. The van der Waals surface area contributed by atoms with Crippen molar-refractivity contribution in [3.8, 4) is 11.5 Å². The topological polar surface area (TPSA) is 67.8 Å². The fourth-order valence-corrected chi connectivity index (χ4v) is 2.40. The standard InChI is InChI=1S/C15H20ClNO4/c1-3-9(2)17-13(15(18)19)10-7-11(16)14-12(8-10)20-5-4-6-21-14/h7-9,13,17H,3-6H2,1-2H3,(H,18,19). The second-order valence-electron chi connectivity index (χ2n) is 5.13. The van der Waals surface area contributed by atoms with Crippen molar-refractivity contribution in [2.45, 2.75) is 38.8 Å². The zero-order valence-electron chi connectivity index (χ0n) is 12.2. The Morgan fingerprint density at radius 2 is 2.14 bits per heavy atom. The van der Waals surface area contributed by atoms with E-state index in [-0.39, 0.29) is 6.04 Å². The number of benzene rings is 1. The molecule has 1 aliphatic rings. The lowest BCUT2D eigenvalue weighted by Gasteiger charge is -2.21. The lowest BCUT2D eigenvalue weighted by molar-refractivity contribution is -0.139. The molecule has 1 aliphatic heterocycles. The highest BCUT2D eigenvalue weighted by Gasteiger charge is 2.25. The summed E-state index contributed by atoms with van der Waals surface area (Å²) in [5, 5.41) is 12.9. The van der Waals surface area contributed by atoms with Crippen molar-refractivity contribution in [2.75, 3.05) is 13.2 Å². The van der Waals surface area contributed by atoms with Gasteiger partial charge in [0.25, 0.3) is 0 Å². The van der Waals surface area contributed by atoms with Crippen LogP contribution in [0.1, 0.15) is 38.3 Å². The van der Waals surface area contributed by atoms with Crippen molar-refractivity contribution in [1.29, 1.82) is 0 Å². The summed E-state index contributed by atoms with van der Waals surface area (Å²) in [6.45, 7) is 5.01. The van der Waals surface area contributed by atoms with Crippen LogP contribution in [-0.4, -0.2) is 30.3 Å². The van der Waals surface area contributed by atoms with Gasteiger partial charge in [-0.25, -0.2) is 0 Å². The first-order valence-corrected chi connectivity index (χ1v) is 7.48. The van der Waals surface area contributed by atoms with Crippen LogP contribution < -0.4 is 14.8 Å². The molecular formula is C15H20ClNO4. The highest BCUT2D eigenvalue weighted by molar-refractivity contribution is 6.32. The molecule has 21 heavy (non-hydrogen) atoms. The van der Waals surface area contributed by atoms with Gasteiger partial charge >= 0.3 is 5.97 Å². The molecule has 0 bridgehead atoms. The Hall–Kier alpha value is -1.46. The summed E-state index contributed by atoms with van der Waals surface area (Å²) in [4.78, 5) is 11.5. The molecular weight excluding hydrogens is 294 g/mol. The molecule has 2 N–H and O–H groups in total. The maximum Gasteiger partial charge on any atom is 0.325 e. The number of fused-ring (bicyclic) bond motifs is 1. The first kappa shape index (κ1) is 15.9. The van der Waals surface area contributed by atoms with Crippen LogP contribution in [0.15, 0.2) is 12.1 Å². The van der Waals surface area contributed by atoms with E-state index in [0.29, 0.717) is 35.3 Å². The molecule has 2 unspecified atom stereocenters. The van der Waals surface area contributed by atoms with E-state index in [4.69, 9.17) is 21.1 Å². The van der Waals surface area contributed by atoms with Gasteiger partial charge in [0.2, 0.25) is 0 Å². The summed E-state index contributed by atoms with van der Waals surface area (Å²) < 4.78 is 11.2. The summed E-state index contributed by atoms with van der Waals surface area (Å²) in [5.41, 5.74) is 0.567. The number of carboxylic acid groups (broad SMARTS) is 1. The van der Waals surface area contributed by atoms with E-state index in [1.165, 1.54) is 0 Å². The lowest BCUT2D eigenvalue weighted by Crippen LogP contribution is -2.35. The Morgan fingerprint density at radius 1 is 1.43 bits per heavy atom. The predicted octanol–water partition coefficient (Wildman–Crippen LogP) is 3.02. The molecule has 1 aromatic carbocycles. The molecule has 5 nitrogen and oxygen atoms in total. The van der Waals surface area contributed by atoms with Gasteiger partial charge in [-0.05, 0) is 31.0 Å². The molecule has 0 aromatic heterocycles.